The minimum atomic E-state index is -0.573. The number of amides is 1. The number of hydrogen-bond donors (Lipinski definition) is 2. The number of nitrogens with two attached hydrogens (primary N) is 1. The van der Waals surface area contributed by atoms with Gasteiger partial charge in [-0.15, -0.1) is 0 Å². The number of aliphatic hydroxyl groups excluding tert-OH is 1. The zero-order valence-corrected chi connectivity index (χ0v) is 15.6. The van der Waals surface area contributed by atoms with Crippen LogP contribution in [0.5, 0.6) is 0 Å². The number of aliphatic hydroxyl groups is 1. The summed E-state index contributed by atoms with van der Waals surface area (Å²) in [6, 6.07) is 11.5. The van der Waals surface area contributed by atoms with Crippen LogP contribution in [-0.2, 0) is 13.0 Å². The lowest BCUT2D eigenvalue weighted by Gasteiger charge is -2.36. The van der Waals surface area contributed by atoms with Gasteiger partial charge in [0.15, 0.2) is 0 Å². The van der Waals surface area contributed by atoms with Crippen molar-refractivity contribution in [2.45, 2.75) is 32.4 Å². The molecule has 138 valence electrons. The van der Waals surface area contributed by atoms with Gasteiger partial charge in [0.2, 0.25) is 0 Å². The highest BCUT2D eigenvalue weighted by Crippen LogP contribution is 2.26. The molecule has 1 aromatic carbocycles. The maximum Gasteiger partial charge on any atom is 0.257 e. The number of piperidine rings is 1. The molecule has 1 amide bonds. The van der Waals surface area contributed by atoms with Crippen LogP contribution < -0.4 is 5.73 Å². The number of halogens is 1. The molecule has 1 aliphatic heterocycles. The van der Waals surface area contributed by atoms with Gasteiger partial charge >= 0.3 is 0 Å². The summed E-state index contributed by atoms with van der Waals surface area (Å²) in [5.74, 6) is -0.0688. The topological polar surface area (TPSA) is 79.5 Å². The fourth-order valence-electron chi connectivity index (χ4n) is 3.50. The zero-order valence-electron chi connectivity index (χ0n) is 14.9. The summed E-state index contributed by atoms with van der Waals surface area (Å²) in [5.41, 5.74) is 9.24. The van der Waals surface area contributed by atoms with Crippen molar-refractivity contribution in [3.05, 3.63) is 63.9 Å². The first kappa shape index (κ1) is 18.8. The van der Waals surface area contributed by atoms with Crippen molar-refractivity contribution in [1.29, 1.82) is 0 Å². The Morgan fingerprint density at radius 1 is 1.31 bits per heavy atom. The maximum atomic E-state index is 12.7. The largest absolute Gasteiger partial charge is 0.391 e. The van der Waals surface area contributed by atoms with Gasteiger partial charge in [-0.05, 0) is 48.9 Å². The predicted octanol–water partition coefficient (Wildman–Crippen LogP) is 2.57. The number of pyridine rings is 1. The van der Waals surface area contributed by atoms with Gasteiger partial charge in [-0.2, -0.15) is 0 Å². The first-order valence-corrected chi connectivity index (χ1v) is 9.24. The van der Waals surface area contributed by atoms with Crippen LogP contribution in [0.2, 0.25) is 5.15 Å². The van der Waals surface area contributed by atoms with Gasteiger partial charge in [-0.3, -0.25) is 4.79 Å². The Labute approximate surface area is 158 Å². The van der Waals surface area contributed by atoms with Crippen molar-refractivity contribution in [1.82, 2.24) is 9.88 Å². The second kappa shape index (κ2) is 8.16. The number of carbonyl (C=O) groups is 1. The van der Waals surface area contributed by atoms with E-state index in [1.54, 1.807) is 17.0 Å². The molecule has 6 heteroatoms. The van der Waals surface area contributed by atoms with Crippen molar-refractivity contribution >= 4 is 17.5 Å². The third kappa shape index (κ3) is 4.06. The van der Waals surface area contributed by atoms with Crippen molar-refractivity contribution in [3.63, 3.8) is 0 Å². The molecule has 26 heavy (non-hydrogen) atoms. The molecule has 0 saturated carbocycles. The summed E-state index contributed by atoms with van der Waals surface area (Å²) in [5, 5.41) is 10.8. The van der Waals surface area contributed by atoms with Crippen LogP contribution in [-0.4, -0.2) is 40.1 Å². The van der Waals surface area contributed by atoms with Gasteiger partial charge in [0.1, 0.15) is 5.15 Å². The molecule has 0 aliphatic carbocycles. The van der Waals surface area contributed by atoms with E-state index in [1.165, 1.54) is 5.56 Å². The van der Waals surface area contributed by atoms with Gasteiger partial charge < -0.3 is 15.7 Å². The molecule has 1 unspecified atom stereocenters. The lowest BCUT2D eigenvalue weighted by molar-refractivity contribution is 0.0197. The number of hydrogen-bond acceptors (Lipinski definition) is 4. The van der Waals surface area contributed by atoms with E-state index in [9.17, 15) is 9.90 Å². The molecule has 1 aliphatic rings. The summed E-state index contributed by atoms with van der Waals surface area (Å²) in [6.07, 6.45) is 0.933. The second-order valence-corrected chi connectivity index (χ2v) is 7.19. The molecule has 2 atom stereocenters. The van der Waals surface area contributed by atoms with Crippen molar-refractivity contribution < 1.29 is 9.90 Å². The monoisotopic (exact) mass is 373 g/mol. The third-order valence-electron chi connectivity index (χ3n) is 5.05. The Hall–Kier alpha value is -1.95. The number of benzene rings is 1. The second-order valence-electron chi connectivity index (χ2n) is 6.84. The summed E-state index contributed by atoms with van der Waals surface area (Å²) in [4.78, 5) is 18.5. The van der Waals surface area contributed by atoms with Crippen LogP contribution in [0.3, 0.4) is 0 Å². The smallest absolute Gasteiger partial charge is 0.257 e. The lowest BCUT2D eigenvalue weighted by atomic mass is 9.86. The third-order valence-corrected chi connectivity index (χ3v) is 5.34. The van der Waals surface area contributed by atoms with Crippen LogP contribution >= 0.6 is 11.6 Å². The molecule has 5 nitrogen and oxygen atoms in total. The van der Waals surface area contributed by atoms with Crippen LogP contribution in [0.1, 0.15) is 33.6 Å². The van der Waals surface area contributed by atoms with Crippen molar-refractivity contribution in [3.8, 4) is 0 Å². The average molecular weight is 374 g/mol. The highest BCUT2D eigenvalue weighted by atomic mass is 35.5. The summed E-state index contributed by atoms with van der Waals surface area (Å²) >= 11 is 6.12. The van der Waals surface area contributed by atoms with Crippen LogP contribution in [0.25, 0.3) is 0 Å². The Morgan fingerprint density at radius 2 is 2.04 bits per heavy atom. The molecule has 3 N–H and O–H groups in total. The first-order valence-electron chi connectivity index (χ1n) is 8.87. The van der Waals surface area contributed by atoms with Gasteiger partial charge in [-0.25, -0.2) is 4.98 Å². The van der Waals surface area contributed by atoms with E-state index in [1.807, 2.05) is 25.1 Å². The average Bonchev–Trinajstić information content (AvgIpc) is 2.63. The van der Waals surface area contributed by atoms with E-state index in [2.05, 4.69) is 11.1 Å². The fourth-order valence-corrected chi connectivity index (χ4v) is 3.77. The standard InChI is InChI=1S/C20H24ClN3O2/c1-13-6-7-17(19(21)23-13)20(26)24-9-8-15(18(25)12-24)10-14-4-2-3-5-16(14)11-22/h2-7,15,18,25H,8-12,22H2,1H3/t15?,18-/m1/s1. The summed E-state index contributed by atoms with van der Waals surface area (Å²) < 4.78 is 0. The quantitative estimate of drug-likeness (QED) is 0.807. The molecule has 1 fully saturated rings. The number of nitrogens with zero attached hydrogens (tertiary/aromatic N) is 2. The van der Waals surface area contributed by atoms with Crippen LogP contribution in [0.15, 0.2) is 36.4 Å². The summed E-state index contributed by atoms with van der Waals surface area (Å²) in [7, 11) is 0. The molecular weight excluding hydrogens is 350 g/mol. The van der Waals surface area contributed by atoms with Crippen molar-refractivity contribution in [2.75, 3.05) is 13.1 Å². The number of likely N-dealkylation sites (tertiary alicyclic amines) is 1. The normalized spacial score (nSPS) is 20.2. The van der Waals surface area contributed by atoms with Crippen LogP contribution in [0, 0.1) is 12.8 Å². The Kier molecular flexibility index (Phi) is 5.91. The Morgan fingerprint density at radius 3 is 2.69 bits per heavy atom. The van der Waals surface area contributed by atoms with E-state index in [0.717, 1.165) is 24.1 Å². The minimum absolute atomic E-state index is 0.110. The van der Waals surface area contributed by atoms with Gasteiger partial charge in [-0.1, -0.05) is 35.9 Å². The predicted molar refractivity (Wildman–Crippen MR) is 102 cm³/mol. The first-order chi connectivity index (χ1) is 12.5. The molecule has 0 bridgehead atoms. The Bertz CT molecular complexity index is 796. The molecule has 0 spiro atoms. The highest BCUT2D eigenvalue weighted by molar-refractivity contribution is 6.32. The SMILES string of the molecule is Cc1ccc(C(=O)N2CCC(Cc3ccccc3CN)[C@H](O)C2)c(Cl)n1. The number of β-amino-alcohol motifs (C(OH)–C–C–N with tert-alkyl or cyclic N) is 1. The van der Waals surface area contributed by atoms with E-state index < -0.39 is 6.10 Å². The van der Waals surface area contributed by atoms with Gasteiger partial charge in [0.05, 0.1) is 11.7 Å². The molecular formula is C20H24ClN3O2. The Balaban J connectivity index is 1.67. The minimum Gasteiger partial charge on any atom is -0.391 e. The molecule has 2 aromatic rings. The molecule has 0 radical (unpaired) electrons. The fraction of sp³-hybridized carbons (Fsp3) is 0.400. The number of rotatable bonds is 4. The maximum absolute atomic E-state index is 12.7. The molecule has 3 rings (SSSR count). The highest BCUT2D eigenvalue weighted by Gasteiger charge is 2.31. The van der Waals surface area contributed by atoms with E-state index in [0.29, 0.717) is 25.2 Å². The molecule has 1 saturated heterocycles. The van der Waals surface area contributed by atoms with Gasteiger partial charge in [0, 0.05) is 25.3 Å². The van der Waals surface area contributed by atoms with Crippen LogP contribution in [0.4, 0.5) is 0 Å². The van der Waals surface area contributed by atoms with Gasteiger partial charge in [0.25, 0.3) is 5.91 Å². The molecule has 1 aromatic heterocycles. The summed E-state index contributed by atoms with van der Waals surface area (Å²) in [6.45, 7) is 3.21. The van der Waals surface area contributed by atoms with E-state index in [-0.39, 0.29) is 17.0 Å². The number of carbonyl (C=O) groups excluding carboxylic acids is 1. The lowest BCUT2D eigenvalue weighted by Crippen LogP contribution is -2.47. The zero-order chi connectivity index (χ0) is 18.7. The van der Waals surface area contributed by atoms with E-state index >= 15 is 0 Å². The van der Waals surface area contributed by atoms with E-state index in [4.69, 9.17) is 17.3 Å². The number of aryl methyl sites for hydroxylation is 1. The van der Waals surface area contributed by atoms with Crippen molar-refractivity contribution in [2.24, 2.45) is 11.7 Å². The molecule has 2 heterocycles. The number of aromatic nitrogens is 1.